The second-order valence-electron chi connectivity index (χ2n) is 5.94. The Morgan fingerprint density at radius 1 is 1.09 bits per heavy atom. The minimum absolute atomic E-state index is 0.0207. The number of hydrogen-bond donors (Lipinski definition) is 1. The number of carbonyl (C=O) groups is 2. The standard InChI is InChI=1S/C18H25NO4/c1-22-18(21)12-14-8-10-16(11-9-14)23-13-17(20)19-15-6-4-2-3-5-7-15/h8-11,15H,2-7,12-13H2,1H3,(H,19,20). The Balaban J connectivity index is 1.74. The first kappa shape index (κ1) is 17.3. The van der Waals surface area contributed by atoms with Gasteiger partial charge in [0, 0.05) is 6.04 Å². The van der Waals surface area contributed by atoms with E-state index < -0.39 is 0 Å². The molecule has 2 rings (SSSR count). The molecule has 1 fully saturated rings. The summed E-state index contributed by atoms with van der Waals surface area (Å²) < 4.78 is 10.1. The summed E-state index contributed by atoms with van der Waals surface area (Å²) in [4.78, 5) is 23.1. The van der Waals surface area contributed by atoms with Crippen LogP contribution in [0.3, 0.4) is 0 Å². The highest BCUT2D eigenvalue weighted by Crippen LogP contribution is 2.17. The van der Waals surface area contributed by atoms with Crippen LogP contribution in [0.2, 0.25) is 0 Å². The van der Waals surface area contributed by atoms with Crippen LogP contribution in [0.5, 0.6) is 5.75 Å². The quantitative estimate of drug-likeness (QED) is 0.646. The van der Waals surface area contributed by atoms with Crippen molar-refractivity contribution in [2.75, 3.05) is 13.7 Å². The van der Waals surface area contributed by atoms with Crippen molar-refractivity contribution in [2.45, 2.75) is 51.0 Å². The molecule has 0 heterocycles. The van der Waals surface area contributed by atoms with Crippen LogP contribution in [0.15, 0.2) is 24.3 Å². The first-order valence-corrected chi connectivity index (χ1v) is 8.25. The third-order valence-corrected chi connectivity index (χ3v) is 4.09. The number of rotatable bonds is 6. The lowest BCUT2D eigenvalue weighted by molar-refractivity contribution is -0.139. The number of benzene rings is 1. The Bertz CT molecular complexity index is 504. The van der Waals surface area contributed by atoms with E-state index in [4.69, 9.17) is 4.74 Å². The summed E-state index contributed by atoms with van der Waals surface area (Å²) in [6.07, 6.45) is 7.27. The second-order valence-corrected chi connectivity index (χ2v) is 5.94. The van der Waals surface area contributed by atoms with Gasteiger partial charge in [-0.15, -0.1) is 0 Å². The van der Waals surface area contributed by atoms with Crippen LogP contribution in [-0.2, 0) is 20.7 Å². The van der Waals surface area contributed by atoms with Crippen LogP contribution >= 0.6 is 0 Å². The Kier molecular flexibility index (Phi) is 6.91. The van der Waals surface area contributed by atoms with Crippen molar-refractivity contribution in [2.24, 2.45) is 0 Å². The molecule has 1 aliphatic rings. The molecule has 23 heavy (non-hydrogen) atoms. The molecule has 1 aromatic rings. The first-order chi connectivity index (χ1) is 11.2. The van der Waals surface area contributed by atoms with Gasteiger partial charge in [-0.2, -0.15) is 0 Å². The van der Waals surface area contributed by atoms with Gasteiger partial charge in [-0.3, -0.25) is 9.59 Å². The summed E-state index contributed by atoms with van der Waals surface area (Å²) in [5, 5.41) is 3.05. The zero-order valence-electron chi connectivity index (χ0n) is 13.7. The molecule has 0 bridgehead atoms. The molecule has 0 aromatic heterocycles. The third-order valence-electron chi connectivity index (χ3n) is 4.09. The summed E-state index contributed by atoms with van der Waals surface area (Å²) in [7, 11) is 1.37. The first-order valence-electron chi connectivity index (χ1n) is 8.25. The van der Waals surface area contributed by atoms with Crippen LogP contribution in [0.4, 0.5) is 0 Å². The van der Waals surface area contributed by atoms with E-state index in [0.29, 0.717) is 5.75 Å². The maximum atomic E-state index is 12.0. The summed E-state index contributed by atoms with van der Waals surface area (Å²) in [6.45, 7) is 0.0207. The van der Waals surface area contributed by atoms with Gasteiger partial charge in [-0.25, -0.2) is 0 Å². The summed E-state index contributed by atoms with van der Waals surface area (Å²) in [5.74, 6) is 0.270. The van der Waals surface area contributed by atoms with E-state index in [1.165, 1.54) is 32.8 Å². The second kappa shape index (κ2) is 9.18. The summed E-state index contributed by atoms with van der Waals surface area (Å²) in [5.41, 5.74) is 0.854. The van der Waals surface area contributed by atoms with Crippen LogP contribution in [0.25, 0.3) is 0 Å². The molecule has 5 heteroatoms. The molecule has 1 saturated carbocycles. The molecule has 0 spiro atoms. The van der Waals surface area contributed by atoms with Crippen molar-refractivity contribution in [3.8, 4) is 5.75 Å². The Labute approximate surface area is 137 Å². The number of amides is 1. The van der Waals surface area contributed by atoms with E-state index in [0.717, 1.165) is 18.4 Å². The smallest absolute Gasteiger partial charge is 0.309 e. The highest BCUT2D eigenvalue weighted by Gasteiger charge is 2.14. The van der Waals surface area contributed by atoms with E-state index in [2.05, 4.69) is 10.1 Å². The lowest BCUT2D eigenvalue weighted by Gasteiger charge is -2.16. The molecular weight excluding hydrogens is 294 g/mol. The number of carbonyl (C=O) groups excluding carboxylic acids is 2. The van der Waals surface area contributed by atoms with E-state index in [9.17, 15) is 9.59 Å². The molecule has 5 nitrogen and oxygen atoms in total. The van der Waals surface area contributed by atoms with E-state index in [-0.39, 0.29) is 30.9 Å². The molecule has 1 amide bonds. The molecule has 126 valence electrons. The summed E-state index contributed by atoms with van der Waals surface area (Å²) in [6, 6.07) is 7.41. The van der Waals surface area contributed by atoms with Gasteiger partial charge in [0.05, 0.1) is 13.5 Å². The van der Waals surface area contributed by atoms with Crippen molar-refractivity contribution in [1.29, 1.82) is 0 Å². The fraction of sp³-hybridized carbons (Fsp3) is 0.556. The lowest BCUT2D eigenvalue weighted by atomic mass is 10.1. The fourth-order valence-electron chi connectivity index (χ4n) is 2.78. The number of hydrogen-bond acceptors (Lipinski definition) is 4. The highest BCUT2D eigenvalue weighted by molar-refractivity contribution is 5.77. The molecule has 0 unspecified atom stereocenters. The van der Waals surface area contributed by atoms with Crippen molar-refractivity contribution in [1.82, 2.24) is 5.32 Å². The maximum Gasteiger partial charge on any atom is 0.309 e. The molecular formula is C18H25NO4. The largest absolute Gasteiger partial charge is 0.484 e. The number of ether oxygens (including phenoxy) is 2. The number of methoxy groups -OCH3 is 1. The summed E-state index contributed by atoms with van der Waals surface area (Å²) >= 11 is 0. The average Bonchev–Trinajstić information content (AvgIpc) is 2.82. The minimum atomic E-state index is -0.276. The van der Waals surface area contributed by atoms with Gasteiger partial charge in [-0.1, -0.05) is 37.8 Å². The van der Waals surface area contributed by atoms with E-state index >= 15 is 0 Å². The Hall–Kier alpha value is -2.04. The minimum Gasteiger partial charge on any atom is -0.484 e. The molecule has 1 aliphatic carbocycles. The molecule has 1 aromatic carbocycles. The fourth-order valence-corrected chi connectivity index (χ4v) is 2.78. The Morgan fingerprint density at radius 3 is 2.35 bits per heavy atom. The molecule has 0 atom stereocenters. The average molecular weight is 319 g/mol. The normalized spacial score (nSPS) is 15.5. The number of esters is 1. The van der Waals surface area contributed by atoms with Gasteiger partial charge in [0.1, 0.15) is 5.75 Å². The molecule has 1 N–H and O–H groups in total. The van der Waals surface area contributed by atoms with Gasteiger partial charge in [0.25, 0.3) is 5.91 Å². The molecule has 0 aliphatic heterocycles. The van der Waals surface area contributed by atoms with Crippen molar-refractivity contribution >= 4 is 11.9 Å². The van der Waals surface area contributed by atoms with E-state index in [1.54, 1.807) is 24.3 Å². The van der Waals surface area contributed by atoms with Crippen LogP contribution in [0.1, 0.15) is 44.1 Å². The van der Waals surface area contributed by atoms with Crippen molar-refractivity contribution in [3.05, 3.63) is 29.8 Å². The zero-order chi connectivity index (χ0) is 16.5. The van der Waals surface area contributed by atoms with E-state index in [1.807, 2.05) is 0 Å². The third kappa shape index (κ3) is 6.30. The number of nitrogens with one attached hydrogen (secondary N) is 1. The predicted molar refractivity (Wildman–Crippen MR) is 87.3 cm³/mol. The highest BCUT2D eigenvalue weighted by atomic mass is 16.5. The van der Waals surface area contributed by atoms with Gasteiger partial charge in [0.15, 0.2) is 6.61 Å². The maximum absolute atomic E-state index is 12.0. The van der Waals surface area contributed by atoms with Gasteiger partial charge >= 0.3 is 5.97 Å². The molecule has 0 saturated heterocycles. The zero-order valence-corrected chi connectivity index (χ0v) is 13.7. The predicted octanol–water partition coefficient (Wildman–Crippen LogP) is 2.62. The Morgan fingerprint density at radius 2 is 1.74 bits per heavy atom. The van der Waals surface area contributed by atoms with Crippen molar-refractivity contribution in [3.63, 3.8) is 0 Å². The van der Waals surface area contributed by atoms with Gasteiger partial charge in [-0.05, 0) is 30.5 Å². The van der Waals surface area contributed by atoms with Crippen molar-refractivity contribution < 1.29 is 19.1 Å². The molecule has 0 radical (unpaired) electrons. The lowest BCUT2D eigenvalue weighted by Crippen LogP contribution is -2.37. The van der Waals surface area contributed by atoms with Crippen LogP contribution < -0.4 is 10.1 Å². The topological polar surface area (TPSA) is 64.6 Å². The van der Waals surface area contributed by atoms with Crippen LogP contribution in [-0.4, -0.2) is 31.6 Å². The monoisotopic (exact) mass is 319 g/mol. The van der Waals surface area contributed by atoms with Crippen LogP contribution in [0, 0.1) is 0 Å². The SMILES string of the molecule is COC(=O)Cc1ccc(OCC(=O)NC2CCCCCC2)cc1. The van der Waals surface area contributed by atoms with Gasteiger partial charge in [0.2, 0.25) is 0 Å². The van der Waals surface area contributed by atoms with Gasteiger partial charge < -0.3 is 14.8 Å².